The zero-order chi connectivity index (χ0) is 32.7. The molecule has 1 spiro atoms. The van der Waals surface area contributed by atoms with E-state index in [0.29, 0.717) is 16.6 Å². The lowest BCUT2D eigenvalue weighted by atomic mass is 9.74. The van der Waals surface area contributed by atoms with Crippen LogP contribution in [0.1, 0.15) is 42.5 Å². The van der Waals surface area contributed by atoms with Crippen molar-refractivity contribution in [3.63, 3.8) is 0 Å². The summed E-state index contributed by atoms with van der Waals surface area (Å²) in [6, 6.07) is 12.5. The molecule has 242 valence electrons. The van der Waals surface area contributed by atoms with Crippen molar-refractivity contribution >= 4 is 45.3 Å². The minimum absolute atomic E-state index is 0.0908. The standard InChI is InChI=1S/C35H38BrN3O7/c1-20-13-14-21(2)26(16-20)38-15-9-5-8-12-27(41)45-19-25(23-10-6-4-7-11-23)37-32(42)28-29-33(43)39(22(3)18-40)31(34(38)44)35(29)17-24(36)30(28)46-35/h4-7,9-11,13-14,16-17,22,25,28-31,40H,8,12,15,18-19H2,1-3H3,(H,37,42)/b9-5-/t22-,25+,28+,29-,30+,31+,35-/m1/s1. The quantitative estimate of drug-likeness (QED) is 0.371. The van der Waals surface area contributed by atoms with Crippen LogP contribution in [0, 0.1) is 25.7 Å². The second kappa shape index (κ2) is 12.8. The molecule has 3 amide bonds. The third-order valence-electron chi connectivity index (χ3n) is 9.46. The summed E-state index contributed by atoms with van der Waals surface area (Å²) in [6.07, 6.45) is 5.14. The Morgan fingerprint density at radius 3 is 2.57 bits per heavy atom. The predicted octanol–water partition coefficient (Wildman–Crippen LogP) is 3.64. The number of likely N-dealkylation sites (tertiary alicyclic amines) is 1. The molecule has 0 radical (unpaired) electrons. The molecular weight excluding hydrogens is 654 g/mol. The largest absolute Gasteiger partial charge is 0.463 e. The number of allylic oxidation sites excluding steroid dienone is 1. The fraction of sp³-hybridized carbons (Fsp3) is 0.429. The van der Waals surface area contributed by atoms with E-state index in [9.17, 15) is 24.3 Å². The van der Waals surface area contributed by atoms with E-state index in [1.165, 1.54) is 4.90 Å². The molecule has 4 heterocycles. The third kappa shape index (κ3) is 5.48. The first-order valence-electron chi connectivity index (χ1n) is 15.6. The molecule has 2 N–H and O–H groups in total. The Balaban J connectivity index is 1.48. The van der Waals surface area contributed by atoms with E-state index in [1.807, 2.05) is 74.5 Å². The van der Waals surface area contributed by atoms with Crippen LogP contribution in [0.5, 0.6) is 0 Å². The summed E-state index contributed by atoms with van der Waals surface area (Å²) in [4.78, 5) is 59.4. The van der Waals surface area contributed by atoms with Crippen LogP contribution in [0.2, 0.25) is 0 Å². The summed E-state index contributed by atoms with van der Waals surface area (Å²) in [5, 5.41) is 13.3. The zero-order valence-corrected chi connectivity index (χ0v) is 27.6. The van der Waals surface area contributed by atoms with E-state index in [4.69, 9.17) is 9.47 Å². The molecule has 7 atom stereocenters. The molecule has 2 fully saturated rings. The van der Waals surface area contributed by atoms with Crippen LogP contribution < -0.4 is 10.2 Å². The number of nitrogens with zero attached hydrogens (tertiary/aromatic N) is 2. The minimum atomic E-state index is -1.45. The van der Waals surface area contributed by atoms with Crippen molar-refractivity contribution < 1.29 is 33.8 Å². The number of carbonyl (C=O) groups excluding carboxylic acids is 4. The molecule has 6 rings (SSSR count). The highest BCUT2D eigenvalue weighted by Crippen LogP contribution is 2.59. The molecule has 4 aliphatic rings. The van der Waals surface area contributed by atoms with Gasteiger partial charge in [-0.2, -0.15) is 0 Å². The van der Waals surface area contributed by atoms with Gasteiger partial charge in [0.05, 0.1) is 30.5 Å². The number of hydrogen-bond acceptors (Lipinski definition) is 7. The molecule has 2 aromatic carbocycles. The maximum absolute atomic E-state index is 15.0. The van der Waals surface area contributed by atoms with Crippen molar-refractivity contribution in [1.82, 2.24) is 10.2 Å². The monoisotopic (exact) mass is 691 g/mol. The number of amides is 3. The highest BCUT2D eigenvalue weighted by molar-refractivity contribution is 9.11. The fourth-order valence-electron chi connectivity index (χ4n) is 7.18. The highest BCUT2D eigenvalue weighted by Gasteiger charge is 2.75. The van der Waals surface area contributed by atoms with Gasteiger partial charge in [0.2, 0.25) is 11.8 Å². The number of aryl methyl sites for hydroxylation is 2. The lowest BCUT2D eigenvalue weighted by molar-refractivity contribution is -0.146. The number of carbonyl (C=O) groups is 4. The van der Waals surface area contributed by atoms with Gasteiger partial charge in [-0.3, -0.25) is 19.2 Å². The summed E-state index contributed by atoms with van der Waals surface area (Å²) in [5.74, 6) is -3.69. The molecule has 0 unspecified atom stereocenters. The van der Waals surface area contributed by atoms with Gasteiger partial charge < -0.3 is 29.7 Å². The Labute approximate surface area is 276 Å². The van der Waals surface area contributed by atoms with Crippen molar-refractivity contribution in [1.29, 1.82) is 0 Å². The number of fused-ring (bicyclic) bond motifs is 2. The molecule has 2 aromatic rings. The number of aliphatic hydroxyl groups excluding tert-OH is 1. The summed E-state index contributed by atoms with van der Waals surface area (Å²) >= 11 is 3.59. The molecule has 2 saturated heterocycles. The van der Waals surface area contributed by atoms with Crippen molar-refractivity contribution in [2.75, 3.05) is 24.7 Å². The van der Waals surface area contributed by atoms with Crippen molar-refractivity contribution in [2.24, 2.45) is 11.8 Å². The number of benzene rings is 2. The summed E-state index contributed by atoms with van der Waals surface area (Å²) < 4.78 is 12.8. The van der Waals surface area contributed by atoms with E-state index in [-0.39, 0.29) is 26.2 Å². The zero-order valence-electron chi connectivity index (χ0n) is 26.0. The van der Waals surface area contributed by atoms with Crippen LogP contribution in [-0.4, -0.2) is 77.2 Å². The van der Waals surface area contributed by atoms with Gasteiger partial charge in [0.15, 0.2) is 0 Å². The molecular formula is C35H38BrN3O7. The van der Waals surface area contributed by atoms with Crippen molar-refractivity contribution in [3.8, 4) is 0 Å². The summed E-state index contributed by atoms with van der Waals surface area (Å²) in [7, 11) is 0. The molecule has 11 heteroatoms. The highest BCUT2D eigenvalue weighted by atomic mass is 79.9. The molecule has 5 bridgehead atoms. The number of esters is 1. The predicted molar refractivity (Wildman–Crippen MR) is 174 cm³/mol. The van der Waals surface area contributed by atoms with Gasteiger partial charge in [0.1, 0.15) is 24.4 Å². The van der Waals surface area contributed by atoms with Crippen LogP contribution >= 0.6 is 15.9 Å². The Morgan fingerprint density at radius 2 is 1.83 bits per heavy atom. The lowest BCUT2D eigenvalue weighted by Crippen LogP contribution is -2.58. The molecule has 10 nitrogen and oxygen atoms in total. The third-order valence-corrected chi connectivity index (χ3v) is 10.1. The number of anilines is 1. The number of nitrogens with one attached hydrogen (secondary N) is 1. The minimum Gasteiger partial charge on any atom is -0.463 e. The van der Waals surface area contributed by atoms with E-state index in [1.54, 1.807) is 17.9 Å². The van der Waals surface area contributed by atoms with Crippen LogP contribution in [0.25, 0.3) is 0 Å². The van der Waals surface area contributed by atoms with Gasteiger partial charge >= 0.3 is 5.97 Å². The Hall–Kier alpha value is -3.80. The summed E-state index contributed by atoms with van der Waals surface area (Å²) in [5.41, 5.74) is 1.77. The molecule has 0 saturated carbocycles. The Morgan fingerprint density at radius 1 is 1.07 bits per heavy atom. The van der Waals surface area contributed by atoms with E-state index < -0.39 is 65.4 Å². The van der Waals surface area contributed by atoms with E-state index in [2.05, 4.69) is 21.2 Å². The molecule has 0 aromatic heterocycles. The normalized spacial score (nSPS) is 31.3. The van der Waals surface area contributed by atoms with Crippen molar-refractivity contribution in [3.05, 3.63) is 87.9 Å². The van der Waals surface area contributed by atoms with E-state index >= 15 is 0 Å². The second-order valence-corrected chi connectivity index (χ2v) is 13.4. The smallest absolute Gasteiger partial charge is 0.306 e. The maximum Gasteiger partial charge on any atom is 0.306 e. The SMILES string of the molecule is Cc1ccc(C)c(N2C/C=C\CCC(=O)OC[C@@H](c3ccccc3)NC(=O)[C@@H]3[C@H]4O[C@@]5(C=C4Br)[C@H](C2=O)N([C@H](C)CO)C(=O)[C@@H]35)c1. The van der Waals surface area contributed by atoms with Gasteiger partial charge in [-0.25, -0.2) is 0 Å². The van der Waals surface area contributed by atoms with Gasteiger partial charge in [-0.05, 0) is 56.0 Å². The fourth-order valence-corrected chi connectivity index (χ4v) is 7.92. The average Bonchev–Trinajstić information content (AvgIpc) is 3.64. The second-order valence-electron chi connectivity index (χ2n) is 12.5. The topological polar surface area (TPSA) is 125 Å². The number of cyclic esters (lactones) is 1. The Bertz CT molecular complexity index is 1610. The van der Waals surface area contributed by atoms with Crippen LogP contribution in [0.3, 0.4) is 0 Å². The van der Waals surface area contributed by atoms with Crippen LogP contribution in [0.4, 0.5) is 5.69 Å². The summed E-state index contributed by atoms with van der Waals surface area (Å²) in [6.45, 7) is 5.23. The Kier molecular flexibility index (Phi) is 8.93. The number of aliphatic hydroxyl groups is 1. The van der Waals surface area contributed by atoms with Gasteiger partial charge in [-0.15, -0.1) is 0 Å². The number of hydrogen-bond donors (Lipinski definition) is 2. The number of rotatable bonds is 4. The number of ether oxygens (including phenoxy) is 2. The molecule has 0 aliphatic carbocycles. The van der Waals surface area contributed by atoms with Crippen molar-refractivity contribution in [2.45, 2.75) is 63.4 Å². The lowest BCUT2D eigenvalue weighted by Gasteiger charge is -2.38. The maximum atomic E-state index is 15.0. The van der Waals surface area contributed by atoms with Crippen LogP contribution in [0.15, 0.2) is 71.2 Å². The van der Waals surface area contributed by atoms with E-state index in [0.717, 1.165) is 16.7 Å². The first-order valence-corrected chi connectivity index (χ1v) is 16.4. The number of halogens is 1. The molecule has 46 heavy (non-hydrogen) atoms. The molecule has 4 aliphatic heterocycles. The van der Waals surface area contributed by atoms with Gasteiger partial charge in [0.25, 0.3) is 5.91 Å². The average molecular weight is 693 g/mol. The van der Waals surface area contributed by atoms with Gasteiger partial charge in [0, 0.05) is 23.1 Å². The van der Waals surface area contributed by atoms with Crippen LogP contribution in [-0.2, 0) is 28.7 Å². The first kappa shape index (κ1) is 32.2. The first-order chi connectivity index (χ1) is 22.1. The van der Waals surface area contributed by atoms with Gasteiger partial charge in [-0.1, -0.05) is 70.5 Å².